The van der Waals surface area contributed by atoms with Gasteiger partial charge in [-0.3, -0.25) is 9.59 Å². The topological polar surface area (TPSA) is 81.7 Å². The van der Waals surface area contributed by atoms with Gasteiger partial charge in [-0.2, -0.15) is 0 Å². The van der Waals surface area contributed by atoms with E-state index in [1.165, 1.54) is 14.2 Å². The van der Waals surface area contributed by atoms with Crippen LogP contribution in [0, 0.1) is 5.92 Å². The van der Waals surface area contributed by atoms with E-state index in [0.29, 0.717) is 14.5 Å². The molecule has 8 heteroatoms. The van der Waals surface area contributed by atoms with Crippen LogP contribution in [0.15, 0.2) is 27.1 Å². The van der Waals surface area contributed by atoms with Crippen molar-refractivity contribution in [1.82, 2.24) is 5.32 Å². The lowest BCUT2D eigenvalue weighted by molar-refractivity contribution is -0.146. The van der Waals surface area contributed by atoms with E-state index in [1.54, 1.807) is 25.1 Å². The predicted octanol–water partition coefficient (Wildman–Crippen LogP) is 2.68. The van der Waals surface area contributed by atoms with E-state index in [-0.39, 0.29) is 6.42 Å². The highest BCUT2D eigenvalue weighted by Crippen LogP contribution is 2.20. The highest BCUT2D eigenvalue weighted by Gasteiger charge is 2.30. The van der Waals surface area contributed by atoms with E-state index in [4.69, 9.17) is 4.74 Å². The summed E-state index contributed by atoms with van der Waals surface area (Å²) in [4.78, 5) is 35.7. The van der Waals surface area contributed by atoms with Crippen LogP contribution in [-0.2, 0) is 19.1 Å². The zero-order valence-corrected chi connectivity index (χ0v) is 16.1. The van der Waals surface area contributed by atoms with Gasteiger partial charge in [0.1, 0.15) is 6.04 Å². The van der Waals surface area contributed by atoms with Crippen LogP contribution in [0.2, 0.25) is 0 Å². The van der Waals surface area contributed by atoms with E-state index >= 15 is 0 Å². The van der Waals surface area contributed by atoms with Crippen molar-refractivity contribution in [1.29, 1.82) is 0 Å². The third-order valence-electron chi connectivity index (χ3n) is 3.15. The number of carbonyl (C=O) groups excluding carboxylic acids is 3. The average molecular weight is 451 g/mol. The number of carbonyl (C=O) groups is 3. The van der Waals surface area contributed by atoms with Crippen LogP contribution < -0.4 is 5.32 Å². The van der Waals surface area contributed by atoms with Crippen molar-refractivity contribution in [3.05, 3.63) is 32.7 Å². The number of hydrogen-bond acceptors (Lipinski definition) is 5. The Bertz CT molecular complexity index is 585. The fourth-order valence-corrected chi connectivity index (χ4v) is 3.23. The molecule has 23 heavy (non-hydrogen) atoms. The maximum atomic E-state index is 12.4. The van der Waals surface area contributed by atoms with Crippen molar-refractivity contribution < 1.29 is 23.9 Å². The second kappa shape index (κ2) is 9.02. The summed E-state index contributed by atoms with van der Waals surface area (Å²) in [5.41, 5.74) is 0.366. The lowest BCUT2D eigenvalue weighted by Gasteiger charge is -2.22. The third-order valence-corrected chi connectivity index (χ3v) is 4.07. The SMILES string of the molecule is COC(=O)C[C@@H](C)[C@@H](NC(=O)c1cc(Br)cc(Br)c1)C(=O)OC. The largest absolute Gasteiger partial charge is 0.469 e. The molecule has 0 aromatic heterocycles. The second-order valence-corrected chi connectivity index (χ2v) is 6.72. The lowest BCUT2D eigenvalue weighted by Crippen LogP contribution is -2.46. The second-order valence-electron chi connectivity index (χ2n) is 4.89. The summed E-state index contributed by atoms with van der Waals surface area (Å²) in [6.07, 6.45) is -0.0152. The van der Waals surface area contributed by atoms with Crippen LogP contribution in [0.1, 0.15) is 23.7 Å². The minimum absolute atomic E-state index is 0.0152. The van der Waals surface area contributed by atoms with E-state index in [0.717, 1.165) is 0 Å². The predicted molar refractivity (Wildman–Crippen MR) is 90.9 cm³/mol. The first-order chi connectivity index (χ1) is 10.8. The zero-order valence-electron chi connectivity index (χ0n) is 12.9. The van der Waals surface area contributed by atoms with Crippen LogP contribution in [0.5, 0.6) is 0 Å². The van der Waals surface area contributed by atoms with Crippen molar-refractivity contribution in [3.63, 3.8) is 0 Å². The summed E-state index contributed by atoms with van der Waals surface area (Å²) in [5.74, 6) is -2.01. The smallest absolute Gasteiger partial charge is 0.328 e. The number of rotatable bonds is 6. The van der Waals surface area contributed by atoms with Gasteiger partial charge in [-0.15, -0.1) is 0 Å². The number of nitrogens with one attached hydrogen (secondary N) is 1. The molecule has 0 unspecified atom stereocenters. The van der Waals surface area contributed by atoms with Gasteiger partial charge in [0.2, 0.25) is 0 Å². The third kappa shape index (κ3) is 5.95. The zero-order chi connectivity index (χ0) is 17.6. The first kappa shape index (κ1) is 19.6. The van der Waals surface area contributed by atoms with Gasteiger partial charge in [0.25, 0.3) is 5.91 Å². The quantitative estimate of drug-likeness (QED) is 0.673. The number of amides is 1. The fourth-order valence-electron chi connectivity index (χ4n) is 1.93. The molecule has 0 bridgehead atoms. The minimum atomic E-state index is -0.954. The van der Waals surface area contributed by atoms with E-state index < -0.39 is 29.8 Å². The number of halogens is 2. The molecule has 126 valence electrons. The normalized spacial score (nSPS) is 12.9. The Morgan fingerprint density at radius 3 is 2.13 bits per heavy atom. The number of hydrogen-bond donors (Lipinski definition) is 1. The summed E-state index contributed by atoms with van der Waals surface area (Å²) < 4.78 is 10.7. The standard InChI is InChI=1S/C15H17Br2NO5/c1-8(4-12(19)22-2)13(15(21)23-3)18-14(20)9-5-10(16)7-11(17)6-9/h5-8,13H,4H2,1-3H3,(H,18,20)/t8-,13-/m1/s1. The molecule has 0 radical (unpaired) electrons. The van der Waals surface area contributed by atoms with Gasteiger partial charge >= 0.3 is 11.9 Å². The van der Waals surface area contributed by atoms with Crippen molar-refractivity contribution in [2.45, 2.75) is 19.4 Å². The van der Waals surface area contributed by atoms with Gasteiger partial charge in [-0.1, -0.05) is 38.8 Å². The molecule has 1 aromatic rings. The molecule has 2 atom stereocenters. The van der Waals surface area contributed by atoms with Gasteiger partial charge in [0, 0.05) is 14.5 Å². The van der Waals surface area contributed by atoms with Gasteiger partial charge in [0.15, 0.2) is 0 Å². The summed E-state index contributed by atoms with van der Waals surface area (Å²) in [5, 5.41) is 2.60. The maximum Gasteiger partial charge on any atom is 0.328 e. The van der Waals surface area contributed by atoms with Crippen LogP contribution >= 0.6 is 31.9 Å². The maximum absolute atomic E-state index is 12.4. The molecule has 6 nitrogen and oxygen atoms in total. The Hall–Kier alpha value is -1.41. The molecule has 0 spiro atoms. The Morgan fingerprint density at radius 2 is 1.65 bits per heavy atom. The first-order valence-electron chi connectivity index (χ1n) is 6.70. The number of ether oxygens (including phenoxy) is 2. The summed E-state index contributed by atoms with van der Waals surface area (Å²) in [7, 11) is 2.49. The van der Waals surface area contributed by atoms with E-state index in [1.807, 2.05) is 0 Å². The summed E-state index contributed by atoms with van der Waals surface area (Å²) in [6, 6.07) is 4.08. The van der Waals surface area contributed by atoms with Gasteiger partial charge in [0.05, 0.1) is 20.6 Å². The van der Waals surface area contributed by atoms with Crippen molar-refractivity contribution >= 4 is 49.7 Å². The lowest BCUT2D eigenvalue weighted by atomic mass is 9.98. The first-order valence-corrected chi connectivity index (χ1v) is 8.28. The molecule has 0 saturated carbocycles. The monoisotopic (exact) mass is 449 g/mol. The van der Waals surface area contributed by atoms with E-state index in [9.17, 15) is 14.4 Å². The summed E-state index contributed by atoms with van der Waals surface area (Å²) >= 11 is 6.60. The van der Waals surface area contributed by atoms with Crippen LogP contribution in [0.3, 0.4) is 0 Å². The summed E-state index contributed by atoms with van der Waals surface area (Å²) in [6.45, 7) is 1.66. The number of benzene rings is 1. The van der Waals surface area contributed by atoms with Crippen LogP contribution in [-0.4, -0.2) is 38.1 Å². The van der Waals surface area contributed by atoms with Crippen molar-refractivity contribution in [2.75, 3.05) is 14.2 Å². The molecule has 0 saturated heterocycles. The highest BCUT2D eigenvalue weighted by molar-refractivity contribution is 9.11. The highest BCUT2D eigenvalue weighted by atomic mass is 79.9. The van der Waals surface area contributed by atoms with Gasteiger partial charge < -0.3 is 14.8 Å². The number of methoxy groups -OCH3 is 2. The average Bonchev–Trinajstić information content (AvgIpc) is 2.50. The fraction of sp³-hybridized carbons (Fsp3) is 0.400. The van der Waals surface area contributed by atoms with Crippen molar-refractivity contribution in [3.8, 4) is 0 Å². The molecular weight excluding hydrogens is 434 g/mol. The van der Waals surface area contributed by atoms with E-state index in [2.05, 4.69) is 41.9 Å². The molecular formula is C15H17Br2NO5. The molecule has 1 amide bonds. The molecule has 0 heterocycles. The van der Waals surface area contributed by atoms with Gasteiger partial charge in [-0.25, -0.2) is 4.79 Å². The number of esters is 2. The molecule has 0 aliphatic carbocycles. The Balaban J connectivity index is 2.94. The molecule has 1 N–H and O–H groups in total. The molecule has 1 rings (SSSR count). The van der Waals surface area contributed by atoms with Crippen molar-refractivity contribution in [2.24, 2.45) is 5.92 Å². The Labute approximate surface area is 151 Å². The van der Waals surface area contributed by atoms with Gasteiger partial charge in [-0.05, 0) is 24.1 Å². The molecule has 1 aromatic carbocycles. The molecule has 0 aliphatic rings. The Kier molecular flexibility index (Phi) is 7.70. The Morgan fingerprint density at radius 1 is 1.09 bits per heavy atom. The van der Waals surface area contributed by atoms with Crippen LogP contribution in [0.25, 0.3) is 0 Å². The molecule has 0 aliphatic heterocycles. The van der Waals surface area contributed by atoms with Crippen LogP contribution in [0.4, 0.5) is 0 Å². The minimum Gasteiger partial charge on any atom is -0.469 e. The molecule has 0 fully saturated rings.